The first kappa shape index (κ1) is 18.7. The third-order valence-electron chi connectivity index (χ3n) is 4.21. The van der Waals surface area contributed by atoms with Crippen molar-refractivity contribution in [1.82, 2.24) is 0 Å². The number of amides is 1. The van der Waals surface area contributed by atoms with Crippen LogP contribution in [-0.2, 0) is 14.6 Å². The van der Waals surface area contributed by atoms with Gasteiger partial charge in [-0.3, -0.25) is 4.79 Å². The maximum Gasteiger partial charge on any atom is 0.231 e. The van der Waals surface area contributed by atoms with E-state index in [2.05, 4.69) is 5.32 Å². The minimum absolute atomic E-state index is 0.0747. The number of rotatable bonds is 5. The van der Waals surface area contributed by atoms with Crippen LogP contribution in [0.5, 0.6) is 23.0 Å². The number of carbonyl (C=O) groups is 1. The van der Waals surface area contributed by atoms with Crippen molar-refractivity contribution in [3.63, 3.8) is 0 Å². The standard InChI is InChI=1S/C18H16ClNO7S/c19-12-8-16-17(27-10-26-16)9-13(12)20-18(21)3-6-28(22,23)11-1-2-14-15(7-11)25-5-4-24-14/h1-2,7-9H,3-6,10H2,(H,20,21). The molecule has 0 bridgehead atoms. The average Bonchev–Trinajstić information content (AvgIpc) is 3.13. The number of anilines is 1. The summed E-state index contributed by atoms with van der Waals surface area (Å²) in [5.74, 6) is 0.986. The molecule has 1 amide bonds. The molecule has 2 aliphatic rings. The number of benzene rings is 2. The molecule has 4 rings (SSSR count). The number of fused-ring (bicyclic) bond motifs is 2. The number of carbonyl (C=O) groups excluding carboxylic acids is 1. The fourth-order valence-corrected chi connectivity index (χ4v) is 4.24. The van der Waals surface area contributed by atoms with Crippen molar-refractivity contribution in [3.05, 3.63) is 35.4 Å². The van der Waals surface area contributed by atoms with Gasteiger partial charge in [0.2, 0.25) is 12.7 Å². The Labute approximate surface area is 166 Å². The van der Waals surface area contributed by atoms with Crippen LogP contribution in [0.3, 0.4) is 0 Å². The first-order valence-electron chi connectivity index (χ1n) is 8.44. The topological polar surface area (TPSA) is 100 Å². The van der Waals surface area contributed by atoms with Crippen molar-refractivity contribution >= 4 is 33.0 Å². The molecule has 0 radical (unpaired) electrons. The number of ether oxygens (including phenoxy) is 4. The van der Waals surface area contributed by atoms with Crippen molar-refractivity contribution in [1.29, 1.82) is 0 Å². The molecule has 0 saturated carbocycles. The number of hydrogen-bond acceptors (Lipinski definition) is 7. The molecule has 0 aromatic heterocycles. The average molecular weight is 426 g/mol. The highest BCUT2D eigenvalue weighted by atomic mass is 35.5. The van der Waals surface area contributed by atoms with E-state index in [0.717, 1.165) is 0 Å². The molecule has 2 heterocycles. The molecule has 0 saturated heterocycles. The van der Waals surface area contributed by atoms with E-state index in [9.17, 15) is 13.2 Å². The molecule has 148 valence electrons. The van der Waals surface area contributed by atoms with E-state index < -0.39 is 15.7 Å². The van der Waals surface area contributed by atoms with Gasteiger partial charge in [-0.1, -0.05) is 11.6 Å². The Hall–Kier alpha value is -2.65. The summed E-state index contributed by atoms with van der Waals surface area (Å²) in [5, 5.41) is 2.87. The van der Waals surface area contributed by atoms with E-state index in [0.29, 0.717) is 41.9 Å². The lowest BCUT2D eigenvalue weighted by atomic mass is 10.2. The summed E-state index contributed by atoms with van der Waals surface area (Å²) in [6.45, 7) is 0.855. The monoisotopic (exact) mass is 425 g/mol. The van der Waals surface area contributed by atoms with Crippen molar-refractivity contribution in [2.24, 2.45) is 0 Å². The Morgan fingerprint density at radius 3 is 2.43 bits per heavy atom. The third kappa shape index (κ3) is 3.81. The van der Waals surface area contributed by atoms with Gasteiger partial charge in [-0.2, -0.15) is 0 Å². The summed E-state index contributed by atoms with van der Waals surface area (Å²) in [7, 11) is -3.67. The van der Waals surface area contributed by atoms with Crippen molar-refractivity contribution in [2.45, 2.75) is 11.3 Å². The molecule has 0 fully saturated rings. The number of nitrogens with one attached hydrogen (secondary N) is 1. The van der Waals surface area contributed by atoms with E-state index in [1.54, 1.807) is 6.07 Å². The smallest absolute Gasteiger partial charge is 0.231 e. The van der Waals surface area contributed by atoms with Crippen molar-refractivity contribution < 1.29 is 32.2 Å². The quantitative estimate of drug-likeness (QED) is 0.785. The van der Waals surface area contributed by atoms with Crippen LogP contribution in [-0.4, -0.2) is 40.1 Å². The van der Waals surface area contributed by atoms with Gasteiger partial charge in [0.15, 0.2) is 32.8 Å². The molecule has 8 nitrogen and oxygen atoms in total. The fourth-order valence-electron chi connectivity index (χ4n) is 2.79. The van der Waals surface area contributed by atoms with Gasteiger partial charge in [-0.05, 0) is 12.1 Å². The zero-order chi connectivity index (χ0) is 19.7. The van der Waals surface area contributed by atoms with Crippen LogP contribution in [0.4, 0.5) is 5.69 Å². The lowest BCUT2D eigenvalue weighted by molar-refractivity contribution is -0.115. The molecular weight excluding hydrogens is 410 g/mol. The van der Waals surface area contributed by atoms with E-state index in [-0.39, 0.29) is 28.9 Å². The molecule has 1 N–H and O–H groups in total. The largest absolute Gasteiger partial charge is 0.486 e. The summed E-state index contributed by atoms with van der Waals surface area (Å²) >= 11 is 6.11. The second-order valence-electron chi connectivity index (χ2n) is 6.11. The molecule has 2 aliphatic heterocycles. The lowest BCUT2D eigenvalue weighted by Crippen LogP contribution is -2.18. The molecule has 2 aromatic rings. The van der Waals surface area contributed by atoms with Crippen LogP contribution in [0.25, 0.3) is 0 Å². The summed E-state index contributed by atoms with van der Waals surface area (Å²) in [4.78, 5) is 12.3. The van der Waals surface area contributed by atoms with Crippen molar-refractivity contribution in [2.75, 3.05) is 31.1 Å². The van der Waals surface area contributed by atoms with Crippen LogP contribution < -0.4 is 24.3 Å². The highest BCUT2D eigenvalue weighted by Crippen LogP contribution is 2.39. The second kappa shape index (κ2) is 7.40. The van der Waals surface area contributed by atoms with Crippen LogP contribution in [0.15, 0.2) is 35.2 Å². The van der Waals surface area contributed by atoms with Gasteiger partial charge in [0.1, 0.15) is 13.2 Å². The molecule has 0 aliphatic carbocycles. The maximum atomic E-state index is 12.6. The van der Waals surface area contributed by atoms with Crippen LogP contribution in [0.1, 0.15) is 6.42 Å². The highest BCUT2D eigenvalue weighted by molar-refractivity contribution is 7.91. The Kier molecular flexibility index (Phi) is 4.94. The number of hydrogen-bond donors (Lipinski definition) is 1. The first-order valence-corrected chi connectivity index (χ1v) is 10.5. The van der Waals surface area contributed by atoms with Crippen LogP contribution in [0, 0.1) is 0 Å². The Morgan fingerprint density at radius 1 is 0.964 bits per heavy atom. The van der Waals surface area contributed by atoms with Crippen LogP contribution >= 0.6 is 11.6 Å². The highest BCUT2D eigenvalue weighted by Gasteiger charge is 2.22. The molecule has 0 unspecified atom stereocenters. The van der Waals surface area contributed by atoms with Gasteiger partial charge >= 0.3 is 0 Å². The Balaban J connectivity index is 1.42. The number of sulfone groups is 1. The Morgan fingerprint density at radius 2 is 1.64 bits per heavy atom. The van der Waals surface area contributed by atoms with Gasteiger partial charge in [-0.15, -0.1) is 0 Å². The Bertz CT molecular complexity index is 1040. The molecule has 0 atom stereocenters. The van der Waals surface area contributed by atoms with Gasteiger partial charge in [0, 0.05) is 24.6 Å². The van der Waals surface area contributed by atoms with Gasteiger partial charge in [0.05, 0.1) is 21.4 Å². The second-order valence-corrected chi connectivity index (χ2v) is 8.62. The van der Waals surface area contributed by atoms with Gasteiger partial charge in [0.25, 0.3) is 0 Å². The van der Waals surface area contributed by atoms with E-state index in [1.165, 1.54) is 24.3 Å². The van der Waals surface area contributed by atoms with Gasteiger partial charge in [-0.25, -0.2) is 8.42 Å². The lowest BCUT2D eigenvalue weighted by Gasteiger charge is -2.18. The SMILES string of the molecule is O=C(CCS(=O)(=O)c1ccc2c(c1)OCCO2)Nc1cc2c(cc1Cl)OCO2. The summed E-state index contributed by atoms with van der Waals surface area (Å²) in [6.07, 6.45) is -0.235. The van der Waals surface area contributed by atoms with Crippen LogP contribution in [0.2, 0.25) is 5.02 Å². The first-order chi connectivity index (χ1) is 13.4. The molecule has 2 aromatic carbocycles. The minimum Gasteiger partial charge on any atom is -0.486 e. The predicted molar refractivity (Wildman–Crippen MR) is 100 cm³/mol. The summed E-state index contributed by atoms with van der Waals surface area (Å²) in [5.41, 5.74) is 0.327. The zero-order valence-electron chi connectivity index (χ0n) is 14.6. The van der Waals surface area contributed by atoms with Gasteiger partial charge < -0.3 is 24.3 Å². The van der Waals surface area contributed by atoms with E-state index in [4.69, 9.17) is 30.5 Å². The fraction of sp³-hybridized carbons (Fsp3) is 0.278. The third-order valence-corrected chi connectivity index (χ3v) is 6.23. The summed E-state index contributed by atoms with van der Waals surface area (Å²) < 4.78 is 46.3. The number of halogens is 1. The zero-order valence-corrected chi connectivity index (χ0v) is 16.1. The maximum absolute atomic E-state index is 12.6. The molecule has 0 spiro atoms. The minimum atomic E-state index is -3.67. The molecular formula is C18H16ClNO7S. The van der Waals surface area contributed by atoms with E-state index in [1.807, 2.05) is 0 Å². The summed E-state index contributed by atoms with van der Waals surface area (Å²) in [6, 6.07) is 7.48. The predicted octanol–water partition coefficient (Wildman–Crippen LogP) is 2.64. The van der Waals surface area contributed by atoms with E-state index >= 15 is 0 Å². The normalized spacial score (nSPS) is 14.6. The molecule has 10 heteroatoms. The molecule has 28 heavy (non-hydrogen) atoms. The van der Waals surface area contributed by atoms with Crippen molar-refractivity contribution in [3.8, 4) is 23.0 Å².